The molecule has 0 aliphatic carbocycles. The molecule has 0 aromatic carbocycles. The Kier molecular flexibility index (Phi) is 11.1. The van der Waals surface area contributed by atoms with E-state index in [1.165, 1.54) is 57.8 Å². The zero-order valence-corrected chi connectivity index (χ0v) is 13.1. The summed E-state index contributed by atoms with van der Waals surface area (Å²) in [6, 6.07) is 0. The Morgan fingerprint density at radius 1 is 0.588 bits per heavy atom. The SMILES string of the molecule is CCC[C@@H](C)CCC[C@@H](C)CCC[C@@H](C)CC. The predicted molar refractivity (Wildman–Crippen MR) is 80.4 cm³/mol. The van der Waals surface area contributed by atoms with Crippen LogP contribution in [0.25, 0.3) is 0 Å². The van der Waals surface area contributed by atoms with E-state index in [4.69, 9.17) is 0 Å². The van der Waals surface area contributed by atoms with Gasteiger partial charge in [0.25, 0.3) is 0 Å². The van der Waals surface area contributed by atoms with Crippen molar-refractivity contribution in [3.05, 3.63) is 0 Å². The van der Waals surface area contributed by atoms with Gasteiger partial charge in [0.05, 0.1) is 0 Å². The Bertz CT molecular complexity index is 150. The van der Waals surface area contributed by atoms with Gasteiger partial charge >= 0.3 is 0 Å². The van der Waals surface area contributed by atoms with Crippen molar-refractivity contribution in [3.8, 4) is 0 Å². The van der Waals surface area contributed by atoms with E-state index in [0.29, 0.717) is 0 Å². The lowest BCUT2D eigenvalue weighted by Gasteiger charge is -2.15. The summed E-state index contributed by atoms with van der Waals surface area (Å²) in [4.78, 5) is 0. The largest absolute Gasteiger partial charge is 0.0654 e. The molecule has 3 atom stereocenters. The van der Waals surface area contributed by atoms with Gasteiger partial charge in [-0.2, -0.15) is 0 Å². The van der Waals surface area contributed by atoms with E-state index in [1.807, 2.05) is 0 Å². The molecule has 0 spiro atoms. The van der Waals surface area contributed by atoms with Crippen molar-refractivity contribution in [3.63, 3.8) is 0 Å². The molecule has 0 saturated heterocycles. The Morgan fingerprint density at radius 3 is 1.41 bits per heavy atom. The fourth-order valence-corrected chi connectivity index (χ4v) is 2.62. The fourth-order valence-electron chi connectivity index (χ4n) is 2.62. The number of rotatable bonds is 11. The lowest BCUT2D eigenvalue weighted by atomic mass is 9.92. The molecule has 17 heavy (non-hydrogen) atoms. The quantitative estimate of drug-likeness (QED) is 0.389. The highest BCUT2D eigenvalue weighted by Gasteiger charge is 2.06. The highest BCUT2D eigenvalue weighted by molar-refractivity contribution is 4.59. The summed E-state index contributed by atoms with van der Waals surface area (Å²) in [7, 11) is 0. The van der Waals surface area contributed by atoms with Crippen LogP contribution in [0.2, 0.25) is 0 Å². The van der Waals surface area contributed by atoms with Crippen LogP contribution >= 0.6 is 0 Å². The maximum absolute atomic E-state index is 2.45. The lowest BCUT2D eigenvalue weighted by molar-refractivity contribution is 0.385. The van der Waals surface area contributed by atoms with Crippen LogP contribution in [0.3, 0.4) is 0 Å². The highest BCUT2D eigenvalue weighted by atomic mass is 14.1. The van der Waals surface area contributed by atoms with Crippen molar-refractivity contribution in [2.75, 3.05) is 0 Å². The van der Waals surface area contributed by atoms with Crippen molar-refractivity contribution in [1.82, 2.24) is 0 Å². The molecule has 0 aromatic rings. The first-order valence-corrected chi connectivity index (χ1v) is 8.10. The summed E-state index contributed by atoms with van der Waals surface area (Å²) in [5, 5.41) is 0. The van der Waals surface area contributed by atoms with Crippen molar-refractivity contribution < 1.29 is 0 Å². The second kappa shape index (κ2) is 11.1. The van der Waals surface area contributed by atoms with Crippen LogP contribution in [0.1, 0.15) is 92.4 Å². The number of hydrogen-bond acceptors (Lipinski definition) is 0. The zero-order chi connectivity index (χ0) is 13.1. The van der Waals surface area contributed by atoms with Crippen LogP contribution in [-0.4, -0.2) is 0 Å². The summed E-state index contributed by atoms with van der Waals surface area (Å²) < 4.78 is 0. The van der Waals surface area contributed by atoms with E-state index in [-0.39, 0.29) is 0 Å². The van der Waals surface area contributed by atoms with Gasteiger partial charge in [0.1, 0.15) is 0 Å². The van der Waals surface area contributed by atoms with Crippen molar-refractivity contribution >= 4 is 0 Å². The first kappa shape index (κ1) is 17.0. The third kappa shape index (κ3) is 10.9. The molecule has 0 nitrogen and oxygen atoms in total. The van der Waals surface area contributed by atoms with Crippen LogP contribution in [-0.2, 0) is 0 Å². The average Bonchev–Trinajstić information content (AvgIpc) is 2.29. The molecule has 0 bridgehead atoms. The molecule has 0 aromatic heterocycles. The summed E-state index contributed by atoms with van der Waals surface area (Å²) in [5.74, 6) is 2.84. The van der Waals surface area contributed by atoms with Crippen molar-refractivity contribution in [1.29, 1.82) is 0 Å². The molecular formula is C17H36. The maximum atomic E-state index is 2.45. The third-order valence-electron chi connectivity index (χ3n) is 4.27. The van der Waals surface area contributed by atoms with Crippen LogP contribution in [0.15, 0.2) is 0 Å². The molecule has 0 heterocycles. The van der Waals surface area contributed by atoms with E-state index >= 15 is 0 Å². The summed E-state index contributed by atoms with van der Waals surface area (Å²) in [6.45, 7) is 11.9. The molecule has 0 N–H and O–H groups in total. The summed E-state index contributed by atoms with van der Waals surface area (Å²) in [6.07, 6.45) is 12.8. The van der Waals surface area contributed by atoms with Crippen molar-refractivity contribution in [2.24, 2.45) is 17.8 Å². The second-order valence-corrected chi connectivity index (χ2v) is 6.37. The van der Waals surface area contributed by atoms with Gasteiger partial charge in [0, 0.05) is 0 Å². The average molecular weight is 240 g/mol. The maximum Gasteiger partial charge on any atom is -0.0443 e. The normalized spacial score (nSPS) is 16.8. The Hall–Kier alpha value is 0. The molecule has 0 aliphatic heterocycles. The third-order valence-corrected chi connectivity index (χ3v) is 4.27. The smallest absolute Gasteiger partial charge is 0.0443 e. The van der Waals surface area contributed by atoms with Gasteiger partial charge in [-0.3, -0.25) is 0 Å². The zero-order valence-electron chi connectivity index (χ0n) is 13.1. The van der Waals surface area contributed by atoms with E-state index in [2.05, 4.69) is 34.6 Å². The molecule has 0 fully saturated rings. The standard InChI is InChI=1S/C17H36/c1-6-10-16(4)12-9-14-17(5)13-8-11-15(3)7-2/h15-17H,6-14H2,1-5H3/t15-,16+,17-/m0/s1. The van der Waals surface area contributed by atoms with Crippen molar-refractivity contribution in [2.45, 2.75) is 92.4 Å². The van der Waals surface area contributed by atoms with Gasteiger partial charge < -0.3 is 0 Å². The van der Waals surface area contributed by atoms with Gasteiger partial charge in [-0.05, 0) is 17.8 Å². The minimum Gasteiger partial charge on any atom is -0.0654 e. The Labute approximate surface area is 111 Å². The van der Waals surface area contributed by atoms with Crippen LogP contribution in [0, 0.1) is 17.8 Å². The molecular weight excluding hydrogens is 204 g/mol. The van der Waals surface area contributed by atoms with Crippen LogP contribution in [0.4, 0.5) is 0 Å². The number of hydrogen-bond donors (Lipinski definition) is 0. The van der Waals surface area contributed by atoms with Crippen LogP contribution < -0.4 is 0 Å². The minimum absolute atomic E-state index is 0.937. The lowest BCUT2D eigenvalue weighted by Crippen LogP contribution is -2.00. The molecule has 0 rings (SSSR count). The molecule has 0 saturated carbocycles. The molecule has 0 heteroatoms. The highest BCUT2D eigenvalue weighted by Crippen LogP contribution is 2.21. The topological polar surface area (TPSA) is 0 Å². The Morgan fingerprint density at radius 2 is 1.00 bits per heavy atom. The summed E-state index contributed by atoms with van der Waals surface area (Å²) in [5.41, 5.74) is 0. The fraction of sp³-hybridized carbons (Fsp3) is 1.00. The van der Waals surface area contributed by atoms with Crippen LogP contribution in [0.5, 0.6) is 0 Å². The molecule has 0 radical (unpaired) electrons. The summed E-state index contributed by atoms with van der Waals surface area (Å²) >= 11 is 0. The molecule has 0 amide bonds. The van der Waals surface area contributed by atoms with Gasteiger partial charge in [0.15, 0.2) is 0 Å². The Balaban J connectivity index is 3.37. The molecule has 0 aliphatic rings. The minimum atomic E-state index is 0.937. The van der Waals surface area contributed by atoms with Gasteiger partial charge in [0.2, 0.25) is 0 Å². The first-order chi connectivity index (χ1) is 8.10. The molecule has 104 valence electrons. The van der Waals surface area contributed by atoms with E-state index < -0.39 is 0 Å². The van der Waals surface area contributed by atoms with E-state index in [1.54, 1.807) is 0 Å². The predicted octanol–water partition coefficient (Wildman–Crippen LogP) is 6.45. The van der Waals surface area contributed by atoms with Gasteiger partial charge in [-0.25, -0.2) is 0 Å². The molecule has 0 unspecified atom stereocenters. The van der Waals surface area contributed by atoms with Gasteiger partial charge in [-0.15, -0.1) is 0 Å². The van der Waals surface area contributed by atoms with E-state index in [9.17, 15) is 0 Å². The second-order valence-electron chi connectivity index (χ2n) is 6.37. The van der Waals surface area contributed by atoms with E-state index in [0.717, 1.165) is 17.8 Å². The van der Waals surface area contributed by atoms with Gasteiger partial charge in [-0.1, -0.05) is 92.4 Å². The monoisotopic (exact) mass is 240 g/mol. The first-order valence-electron chi connectivity index (χ1n) is 8.10.